The number of methoxy groups -OCH3 is 1. The van der Waals surface area contributed by atoms with E-state index in [1.807, 2.05) is 0 Å². The predicted octanol–water partition coefficient (Wildman–Crippen LogP) is 7.94. The molecule has 0 aliphatic heterocycles. The molecule has 3 N–H and O–H groups in total. The van der Waals surface area contributed by atoms with Crippen molar-refractivity contribution >= 4 is 7.60 Å². The summed E-state index contributed by atoms with van der Waals surface area (Å²) in [6.45, 7) is 5.17. The molecule has 0 aromatic heterocycles. The third-order valence-corrected chi connectivity index (χ3v) is 10.4. The maximum Gasteiger partial charge on any atom is 0.384 e. The lowest BCUT2D eigenvalue weighted by Crippen LogP contribution is -2.48. The van der Waals surface area contributed by atoms with Gasteiger partial charge in [0.05, 0.1) is 33.9 Å². The van der Waals surface area contributed by atoms with Crippen LogP contribution in [0.15, 0.2) is 12.2 Å². The number of aliphatic hydroxyl groups excluding tert-OH is 1. The number of ether oxygens (including phenoxy) is 2. The molecule has 0 rings (SSSR count). The molecule has 0 bridgehead atoms. The first kappa shape index (κ1) is 41.7. The van der Waals surface area contributed by atoms with Crippen molar-refractivity contribution in [2.75, 3.05) is 47.6 Å². The minimum atomic E-state index is -3.94. The lowest BCUT2D eigenvalue weighted by atomic mass is 10.1. The van der Waals surface area contributed by atoms with Gasteiger partial charge < -0.3 is 33.6 Å². The van der Waals surface area contributed by atoms with Crippen molar-refractivity contribution in [1.82, 2.24) is 0 Å². The normalized spacial score (nSPS) is 15.5. The quantitative estimate of drug-likeness (QED) is 0.0237. The van der Waals surface area contributed by atoms with Crippen LogP contribution in [0.25, 0.3) is 0 Å². The zero-order valence-electron chi connectivity index (χ0n) is 28.0. The van der Waals surface area contributed by atoms with Crippen molar-refractivity contribution in [3.05, 3.63) is 12.2 Å². The Morgan fingerprint density at radius 1 is 0.762 bits per heavy atom. The summed E-state index contributed by atoms with van der Waals surface area (Å²) in [5.41, 5.74) is 0. The molecule has 2 unspecified atom stereocenters. The zero-order valence-corrected chi connectivity index (χ0v) is 28.9. The molecule has 0 saturated carbocycles. The van der Waals surface area contributed by atoms with Crippen LogP contribution in [-0.4, -0.2) is 85.3 Å². The average Bonchev–Trinajstić information content (AvgIpc) is 2.95. The fourth-order valence-electron chi connectivity index (χ4n) is 4.89. The monoisotopic (exact) mass is 622 g/mol. The molecule has 0 heterocycles. The van der Waals surface area contributed by atoms with E-state index in [2.05, 4.69) is 19.1 Å². The van der Waals surface area contributed by atoms with Crippen LogP contribution in [0.2, 0.25) is 0 Å². The van der Waals surface area contributed by atoms with E-state index in [4.69, 9.17) is 24.2 Å². The molecule has 0 spiro atoms. The summed E-state index contributed by atoms with van der Waals surface area (Å²) in [7, 11) is 1.14. The fourth-order valence-corrected chi connectivity index (χ4v) is 6.39. The van der Waals surface area contributed by atoms with Gasteiger partial charge in [0.2, 0.25) is 0 Å². The molecular formula is C33H69NO7P+. The number of hydrogen-bond acceptors (Lipinski definition) is 6. The van der Waals surface area contributed by atoms with E-state index in [9.17, 15) is 9.46 Å². The summed E-state index contributed by atoms with van der Waals surface area (Å²) < 4.78 is 29.4. The Kier molecular flexibility index (Phi) is 26.8. The first-order valence-corrected chi connectivity index (χ1v) is 18.6. The predicted molar refractivity (Wildman–Crippen MR) is 175 cm³/mol. The van der Waals surface area contributed by atoms with Gasteiger partial charge in [-0.3, -0.25) is 4.57 Å². The van der Waals surface area contributed by atoms with E-state index in [0.29, 0.717) is 19.8 Å². The molecule has 9 heteroatoms. The van der Waals surface area contributed by atoms with Gasteiger partial charge in [-0.25, -0.2) is 0 Å². The SMILES string of the molecule is CCCCCCCC/C=C\CCCCCCCCCCCCOC[C@H](COP(=O)(O)C(C)[N+](C)(C)CCC(O)O)OC. The third-order valence-electron chi connectivity index (χ3n) is 8.33. The second kappa shape index (κ2) is 27.0. The van der Waals surface area contributed by atoms with Crippen molar-refractivity contribution < 1.29 is 38.2 Å². The van der Waals surface area contributed by atoms with E-state index in [-0.39, 0.29) is 17.5 Å². The zero-order chi connectivity index (χ0) is 31.5. The van der Waals surface area contributed by atoms with Gasteiger partial charge in [-0.05, 0) is 39.0 Å². The summed E-state index contributed by atoms with van der Waals surface area (Å²) in [5.74, 6) is -0.721. The van der Waals surface area contributed by atoms with Crippen molar-refractivity contribution in [3.8, 4) is 0 Å². The number of hydrogen-bond donors (Lipinski definition) is 3. The van der Waals surface area contributed by atoms with Crippen LogP contribution in [0.5, 0.6) is 0 Å². The Bertz CT molecular complexity index is 675. The fraction of sp³-hybridized carbons (Fsp3) is 0.939. The van der Waals surface area contributed by atoms with E-state index in [0.717, 1.165) is 12.8 Å². The maximum atomic E-state index is 12.8. The van der Waals surface area contributed by atoms with Crippen LogP contribution in [0, 0.1) is 0 Å². The smallest absolute Gasteiger partial charge is 0.379 e. The summed E-state index contributed by atoms with van der Waals surface area (Å²) in [5, 5.41) is 18.2. The number of rotatable bonds is 31. The molecule has 252 valence electrons. The van der Waals surface area contributed by atoms with Crippen LogP contribution >= 0.6 is 7.60 Å². The number of aliphatic hydroxyl groups is 2. The van der Waals surface area contributed by atoms with Crippen molar-refractivity contribution in [2.24, 2.45) is 0 Å². The Morgan fingerprint density at radius 3 is 1.71 bits per heavy atom. The van der Waals surface area contributed by atoms with Crippen LogP contribution in [0.1, 0.15) is 136 Å². The van der Waals surface area contributed by atoms with Gasteiger partial charge >= 0.3 is 7.60 Å². The standard InChI is InChI=1S/C33H68NO7P/c1-6-7-8-9-10-11-12-13-14-15-16-17-18-19-20-21-22-23-24-25-28-40-29-32(39-5)30-41-42(37,38)31(2)34(3,4)27-26-33(35)36/h13-14,31-33,35-36H,6-12,15-30H2,1-5H3/p+1/b14-13-/t31?,32-/m1/s1. The van der Waals surface area contributed by atoms with Crippen LogP contribution < -0.4 is 0 Å². The number of allylic oxidation sites excluding steroid dienone is 2. The lowest BCUT2D eigenvalue weighted by Gasteiger charge is -2.37. The van der Waals surface area contributed by atoms with Crippen LogP contribution in [0.4, 0.5) is 0 Å². The third kappa shape index (κ3) is 24.1. The highest BCUT2D eigenvalue weighted by atomic mass is 31.2. The molecule has 0 amide bonds. The summed E-state index contributed by atoms with van der Waals surface area (Å²) >= 11 is 0. The molecule has 0 aliphatic rings. The van der Waals surface area contributed by atoms with Gasteiger partial charge in [-0.2, -0.15) is 0 Å². The summed E-state index contributed by atoms with van der Waals surface area (Å²) in [6, 6.07) is 0. The van der Waals surface area contributed by atoms with Gasteiger partial charge in [0, 0.05) is 20.1 Å². The first-order chi connectivity index (χ1) is 20.1. The van der Waals surface area contributed by atoms with Crippen LogP contribution in [-0.2, 0) is 18.6 Å². The van der Waals surface area contributed by atoms with Crippen LogP contribution in [0.3, 0.4) is 0 Å². The van der Waals surface area contributed by atoms with Crippen molar-refractivity contribution in [1.29, 1.82) is 0 Å². The molecule has 0 aliphatic carbocycles. The Hall–Kier alpha value is -0.310. The van der Waals surface area contributed by atoms with E-state index >= 15 is 0 Å². The van der Waals surface area contributed by atoms with Crippen molar-refractivity contribution in [2.45, 2.75) is 154 Å². The second-order valence-corrected chi connectivity index (χ2v) is 14.7. The minimum absolute atomic E-state index is 0.0345. The number of nitrogens with zero attached hydrogens (tertiary/aromatic N) is 1. The summed E-state index contributed by atoms with van der Waals surface area (Å²) in [4.78, 5) is 10.5. The van der Waals surface area contributed by atoms with E-state index in [1.165, 1.54) is 103 Å². The topological polar surface area (TPSA) is 105 Å². The Morgan fingerprint density at radius 2 is 1.24 bits per heavy atom. The van der Waals surface area contributed by atoms with E-state index < -0.39 is 25.8 Å². The molecule has 0 fully saturated rings. The van der Waals surface area contributed by atoms with Gasteiger partial charge in [-0.15, -0.1) is 0 Å². The van der Waals surface area contributed by atoms with Gasteiger partial charge in [0.1, 0.15) is 6.10 Å². The molecular weight excluding hydrogens is 553 g/mol. The van der Waals surface area contributed by atoms with Gasteiger partial charge in [-0.1, -0.05) is 103 Å². The minimum Gasteiger partial charge on any atom is -0.379 e. The molecule has 42 heavy (non-hydrogen) atoms. The molecule has 0 radical (unpaired) electrons. The van der Waals surface area contributed by atoms with E-state index in [1.54, 1.807) is 28.1 Å². The van der Waals surface area contributed by atoms with Crippen molar-refractivity contribution in [3.63, 3.8) is 0 Å². The summed E-state index contributed by atoms with van der Waals surface area (Å²) in [6.07, 6.45) is 26.5. The average molecular weight is 623 g/mol. The highest BCUT2D eigenvalue weighted by Crippen LogP contribution is 2.50. The number of quaternary nitrogens is 1. The molecule has 8 nitrogen and oxygen atoms in total. The Labute approximate surface area is 259 Å². The van der Waals surface area contributed by atoms with Gasteiger partial charge in [0.15, 0.2) is 12.1 Å². The lowest BCUT2D eigenvalue weighted by molar-refractivity contribution is -0.901. The highest BCUT2D eigenvalue weighted by Gasteiger charge is 2.41. The maximum absolute atomic E-state index is 12.8. The molecule has 0 aromatic carbocycles. The highest BCUT2D eigenvalue weighted by molar-refractivity contribution is 7.53. The number of unbranched alkanes of at least 4 members (excludes halogenated alkanes) is 16. The second-order valence-electron chi connectivity index (χ2n) is 12.5. The largest absolute Gasteiger partial charge is 0.384 e. The first-order valence-electron chi connectivity index (χ1n) is 17.0. The van der Waals surface area contributed by atoms with Gasteiger partial charge in [0.25, 0.3) is 0 Å². The molecule has 0 aromatic rings. The molecule has 3 atom stereocenters. The molecule has 0 saturated heterocycles. The Balaban J connectivity index is 3.68.